The van der Waals surface area contributed by atoms with Gasteiger partial charge in [-0.1, -0.05) is 25.5 Å². The molecule has 0 aliphatic heterocycles. The van der Waals surface area contributed by atoms with Gasteiger partial charge in [-0.05, 0) is 74.0 Å². The molecule has 0 bridgehead atoms. The van der Waals surface area contributed by atoms with Crippen molar-refractivity contribution in [3.05, 3.63) is 11.6 Å². The molecule has 2 N–H and O–H groups in total. The summed E-state index contributed by atoms with van der Waals surface area (Å²) in [5.41, 5.74) is 1.28. The Hall–Kier alpha value is -0.870. The van der Waals surface area contributed by atoms with Gasteiger partial charge in [-0.3, -0.25) is 4.79 Å². The van der Waals surface area contributed by atoms with Crippen LogP contribution in [0.25, 0.3) is 0 Å². The molecule has 0 amide bonds. The number of fused-ring (bicyclic) bond motifs is 5. The third-order valence-electron chi connectivity index (χ3n) is 8.62. The van der Waals surface area contributed by atoms with Gasteiger partial charge in [0.2, 0.25) is 0 Å². The highest BCUT2D eigenvalue weighted by Crippen LogP contribution is 2.66. The van der Waals surface area contributed by atoms with Crippen molar-refractivity contribution in [1.82, 2.24) is 0 Å². The number of hydrogen-bond donors (Lipinski definition) is 2. The number of ether oxygens (including phenoxy) is 1. The van der Waals surface area contributed by atoms with Gasteiger partial charge in [0.15, 0.2) is 0 Å². The molecule has 0 aromatic rings. The lowest BCUT2D eigenvalue weighted by atomic mass is 9.45. The summed E-state index contributed by atoms with van der Waals surface area (Å²) >= 11 is 0. The first-order chi connectivity index (χ1) is 12.3. The van der Waals surface area contributed by atoms with Crippen LogP contribution in [0.1, 0.15) is 65.7 Å². The van der Waals surface area contributed by atoms with E-state index < -0.39 is 0 Å². The minimum Gasteiger partial charge on any atom is -0.465 e. The van der Waals surface area contributed by atoms with Crippen molar-refractivity contribution in [3.63, 3.8) is 0 Å². The molecule has 0 unspecified atom stereocenters. The highest BCUT2D eigenvalue weighted by Gasteiger charge is 2.61. The second-order valence-corrected chi connectivity index (χ2v) is 9.82. The zero-order chi connectivity index (χ0) is 18.7. The zero-order valence-corrected chi connectivity index (χ0v) is 16.4. The van der Waals surface area contributed by atoms with Gasteiger partial charge >= 0.3 is 5.97 Å². The van der Waals surface area contributed by atoms with Crippen molar-refractivity contribution in [3.8, 4) is 0 Å². The summed E-state index contributed by atoms with van der Waals surface area (Å²) in [4.78, 5) is 11.6. The second-order valence-electron chi connectivity index (χ2n) is 9.82. The van der Waals surface area contributed by atoms with Crippen molar-refractivity contribution in [1.29, 1.82) is 0 Å². The second kappa shape index (κ2) is 6.34. The summed E-state index contributed by atoms with van der Waals surface area (Å²) in [7, 11) is 0. The Morgan fingerprint density at radius 2 is 1.96 bits per heavy atom. The molecule has 0 spiro atoms. The van der Waals surface area contributed by atoms with Crippen molar-refractivity contribution in [2.45, 2.75) is 77.9 Å². The van der Waals surface area contributed by atoms with Gasteiger partial charge in [0.05, 0.1) is 12.2 Å². The molecule has 3 saturated carbocycles. The minimum atomic E-state index is -0.364. The lowest BCUT2D eigenvalue weighted by molar-refractivity contribution is -0.152. The van der Waals surface area contributed by atoms with Crippen LogP contribution in [0.4, 0.5) is 0 Å². The van der Waals surface area contributed by atoms with Crippen molar-refractivity contribution in [2.75, 3.05) is 6.61 Å². The van der Waals surface area contributed by atoms with Crippen LogP contribution in [0.5, 0.6) is 0 Å². The van der Waals surface area contributed by atoms with Crippen LogP contribution in [-0.4, -0.2) is 35.0 Å². The van der Waals surface area contributed by atoms with Gasteiger partial charge in [-0.25, -0.2) is 0 Å². The molecule has 0 radical (unpaired) electrons. The summed E-state index contributed by atoms with van der Waals surface area (Å²) in [5, 5.41) is 20.9. The molecule has 26 heavy (non-hydrogen) atoms. The first kappa shape index (κ1) is 18.5. The number of esters is 1. The SMILES string of the molecule is CC(=O)OC[C@]12CC[C@H](O)C=C1[C@@H](C)C[C@@H]1[C@@H]2CC[C@]2(C)[C@@H](O)CC[C@@H]12. The van der Waals surface area contributed by atoms with Crippen LogP contribution >= 0.6 is 0 Å². The fourth-order valence-electron chi connectivity index (χ4n) is 7.36. The molecule has 4 aliphatic rings. The van der Waals surface area contributed by atoms with Gasteiger partial charge in [0, 0.05) is 12.3 Å². The summed E-state index contributed by atoms with van der Waals surface area (Å²) in [6.45, 7) is 6.52. The monoisotopic (exact) mass is 362 g/mol. The molecule has 8 atom stereocenters. The molecule has 0 heterocycles. The van der Waals surface area contributed by atoms with E-state index in [-0.39, 0.29) is 29.0 Å². The van der Waals surface area contributed by atoms with E-state index in [1.165, 1.54) is 12.5 Å². The van der Waals surface area contributed by atoms with Crippen LogP contribution in [0, 0.1) is 34.5 Å². The molecule has 4 nitrogen and oxygen atoms in total. The molecule has 4 aliphatic carbocycles. The van der Waals surface area contributed by atoms with E-state index in [2.05, 4.69) is 19.9 Å². The molecule has 0 aromatic heterocycles. The number of aliphatic hydroxyl groups is 2. The van der Waals surface area contributed by atoms with Crippen LogP contribution in [0.15, 0.2) is 11.6 Å². The van der Waals surface area contributed by atoms with Crippen LogP contribution in [-0.2, 0) is 9.53 Å². The van der Waals surface area contributed by atoms with Gasteiger partial charge in [0.25, 0.3) is 0 Å². The van der Waals surface area contributed by atoms with Gasteiger partial charge < -0.3 is 14.9 Å². The summed E-state index contributed by atoms with van der Waals surface area (Å²) in [6.07, 6.45) is 8.55. The summed E-state index contributed by atoms with van der Waals surface area (Å²) < 4.78 is 5.62. The molecule has 146 valence electrons. The third-order valence-corrected chi connectivity index (χ3v) is 8.62. The topological polar surface area (TPSA) is 66.8 Å². The van der Waals surface area contributed by atoms with E-state index in [9.17, 15) is 15.0 Å². The van der Waals surface area contributed by atoms with Crippen molar-refractivity contribution < 1.29 is 19.7 Å². The van der Waals surface area contributed by atoms with E-state index in [0.717, 1.165) is 44.9 Å². The van der Waals surface area contributed by atoms with Crippen LogP contribution < -0.4 is 0 Å². The van der Waals surface area contributed by atoms with Gasteiger partial charge in [-0.15, -0.1) is 0 Å². The van der Waals surface area contributed by atoms with E-state index in [4.69, 9.17) is 4.74 Å². The van der Waals surface area contributed by atoms with E-state index in [1.807, 2.05) is 0 Å². The Kier molecular flexibility index (Phi) is 4.51. The molecule has 3 fully saturated rings. The van der Waals surface area contributed by atoms with E-state index in [1.54, 1.807) is 0 Å². The maximum atomic E-state index is 11.6. The predicted octanol–water partition coefficient (Wildman–Crippen LogP) is 3.46. The quantitative estimate of drug-likeness (QED) is 0.583. The average molecular weight is 363 g/mol. The first-order valence-corrected chi connectivity index (χ1v) is 10.5. The smallest absolute Gasteiger partial charge is 0.302 e. The third kappa shape index (κ3) is 2.59. The maximum absolute atomic E-state index is 11.6. The highest BCUT2D eigenvalue weighted by atomic mass is 16.5. The normalized spacial score (nSPS) is 50.3. The number of carbonyl (C=O) groups is 1. The van der Waals surface area contributed by atoms with Crippen LogP contribution in [0.2, 0.25) is 0 Å². The molecule has 0 aromatic carbocycles. The van der Waals surface area contributed by atoms with E-state index in [0.29, 0.717) is 30.3 Å². The molecular formula is C22H34O4. The lowest BCUT2D eigenvalue weighted by Crippen LogP contribution is -2.55. The standard InChI is InChI=1S/C22H34O4/c1-13-10-16-17-4-5-20(25)21(17,3)8-7-18(16)22(12-26-14(2)23)9-6-15(24)11-19(13)22/h11,13,15-18,20,24-25H,4-10,12H2,1-3H3/t13-,15-,16-,17-,18-,20-,21-,22-/m0/s1. The molecule has 4 heteroatoms. The highest BCUT2D eigenvalue weighted by molar-refractivity contribution is 5.66. The van der Waals surface area contributed by atoms with Crippen molar-refractivity contribution in [2.24, 2.45) is 34.5 Å². The zero-order valence-electron chi connectivity index (χ0n) is 16.4. The number of aliphatic hydroxyl groups excluding tert-OH is 2. The Balaban J connectivity index is 1.73. The summed E-state index contributed by atoms with van der Waals surface area (Å²) in [6, 6.07) is 0. The Morgan fingerprint density at radius 3 is 2.69 bits per heavy atom. The Bertz CT molecular complexity index is 613. The minimum absolute atomic E-state index is 0.0545. The fraction of sp³-hybridized carbons (Fsp3) is 0.864. The largest absolute Gasteiger partial charge is 0.465 e. The fourth-order valence-corrected chi connectivity index (χ4v) is 7.36. The lowest BCUT2D eigenvalue weighted by Gasteiger charge is -2.60. The number of carbonyl (C=O) groups excluding carboxylic acids is 1. The predicted molar refractivity (Wildman–Crippen MR) is 99.2 cm³/mol. The van der Waals surface area contributed by atoms with E-state index >= 15 is 0 Å². The molecular weight excluding hydrogens is 328 g/mol. The van der Waals surface area contributed by atoms with Crippen molar-refractivity contribution >= 4 is 5.97 Å². The number of hydrogen-bond acceptors (Lipinski definition) is 4. The van der Waals surface area contributed by atoms with Gasteiger partial charge in [0.1, 0.15) is 6.61 Å². The maximum Gasteiger partial charge on any atom is 0.302 e. The van der Waals surface area contributed by atoms with Crippen LogP contribution in [0.3, 0.4) is 0 Å². The first-order valence-electron chi connectivity index (χ1n) is 10.5. The molecule has 0 saturated heterocycles. The Labute approximate surface area is 157 Å². The average Bonchev–Trinajstić information content (AvgIpc) is 2.90. The number of rotatable bonds is 2. The van der Waals surface area contributed by atoms with Gasteiger partial charge in [-0.2, -0.15) is 0 Å². The summed E-state index contributed by atoms with van der Waals surface area (Å²) in [5.74, 6) is 1.85. The Morgan fingerprint density at radius 1 is 1.19 bits per heavy atom. The molecule has 4 rings (SSSR count).